The predicted octanol–water partition coefficient (Wildman–Crippen LogP) is 2.04. The average Bonchev–Trinajstić information content (AvgIpc) is 0.592. The molecule has 0 saturated carbocycles. The third-order valence-corrected chi connectivity index (χ3v) is 0. The summed E-state index contributed by atoms with van der Waals surface area (Å²) in [6.45, 7) is 0. The van der Waals surface area contributed by atoms with Gasteiger partial charge < -0.3 is 0 Å². The topological polar surface area (TPSA) is 30.5 Å². The van der Waals surface area contributed by atoms with Gasteiger partial charge in [0.1, 0.15) is 0 Å². The molecule has 0 aromatic heterocycles. The van der Waals surface area contributed by atoms with E-state index in [1.54, 1.807) is 0 Å². The Morgan fingerprint density at radius 2 is 0.625 bits per heavy atom. The minimum absolute atomic E-state index is 0. The van der Waals surface area contributed by atoms with Gasteiger partial charge in [-0.05, 0) is 0 Å². The van der Waals surface area contributed by atoms with E-state index in [4.69, 9.17) is 0 Å². The Kier molecular flexibility index (Phi) is 1.69. The molecule has 0 heterocycles. The molecule has 1 nitrogen and oxygen atoms in total. The fourth-order valence-electron chi connectivity index (χ4n) is 0. The van der Waals surface area contributed by atoms with Gasteiger partial charge >= 0.3 is 35.8 Å². The van der Waals surface area contributed by atoms with E-state index in [9.17, 15) is 18.6 Å². The van der Waals surface area contributed by atoms with Crippen molar-refractivity contribution in [2.75, 3.05) is 0 Å². The molecule has 0 aromatic rings. The molecule has 0 unspecified atom stereocenters. The molecule has 3 radical (unpaired) electrons. The summed E-state index contributed by atoms with van der Waals surface area (Å²) >= 11 is -11.2. The van der Waals surface area contributed by atoms with Crippen LogP contribution in [0.1, 0.15) is 0 Å². The molecule has 0 N–H and O–H groups in total. The molecule has 0 saturated heterocycles. The van der Waals surface area contributed by atoms with Crippen molar-refractivity contribution in [3.8, 4) is 0 Å². The number of hydrogen-bond donors (Lipinski definition) is 0. The van der Waals surface area contributed by atoms with Crippen LogP contribution in [0.2, 0.25) is 0 Å². The monoisotopic (exact) mass is 176 g/mol. The smallest absolute Gasteiger partial charge is 0 e. The van der Waals surface area contributed by atoms with Crippen LogP contribution in [0.15, 0.2) is 0 Å². The predicted molar refractivity (Wildman–Crippen MR) is 8.78 cm³/mol. The number of halogens is 6. The molecular formula is F6NTi. The Labute approximate surface area is 42.7 Å². The fraction of sp³-hybridized carbons (Fsp3) is 0. The van der Waals surface area contributed by atoms with Gasteiger partial charge in [-0.1, -0.05) is 0 Å². The van der Waals surface area contributed by atoms with Crippen LogP contribution >= 0.6 is 0 Å². The van der Waals surface area contributed by atoms with E-state index in [2.05, 4.69) is 0 Å². The second-order valence-corrected chi connectivity index (χ2v) is 4.42. The molecule has 0 fully saturated rings. The summed E-state index contributed by atoms with van der Waals surface area (Å²) in [5.74, 6) is 0. The van der Waals surface area contributed by atoms with Crippen molar-refractivity contribution in [1.29, 1.82) is 0 Å². The third-order valence-electron chi connectivity index (χ3n) is 0. The molecule has 0 aromatic carbocycles. The van der Waals surface area contributed by atoms with Crippen LogP contribution in [-0.4, -0.2) is 0 Å². The van der Waals surface area contributed by atoms with Gasteiger partial charge in [0, 0.05) is 6.15 Å². The van der Waals surface area contributed by atoms with E-state index >= 15 is 0 Å². The van der Waals surface area contributed by atoms with Crippen LogP contribution in [-0.2, 0) is 17.2 Å². The summed E-state index contributed by atoms with van der Waals surface area (Å²) in [7, 11) is 0. The van der Waals surface area contributed by atoms with E-state index < -0.39 is 17.2 Å². The zero-order valence-corrected chi connectivity index (χ0v) is 4.78. The summed E-state index contributed by atoms with van der Waals surface area (Å²) in [5.41, 5.74) is 0. The van der Waals surface area contributed by atoms with Crippen LogP contribution in [0, 0.1) is 0 Å². The second kappa shape index (κ2) is 1.22. The Morgan fingerprint density at radius 3 is 0.625 bits per heavy atom. The maximum absolute atomic E-state index is 11.2. The first-order chi connectivity index (χ1) is 2.45. The zero-order chi connectivity index (χ0) is 6.41. The van der Waals surface area contributed by atoms with Crippen molar-refractivity contribution in [1.82, 2.24) is 6.15 Å². The van der Waals surface area contributed by atoms with Crippen molar-refractivity contribution in [3.05, 3.63) is 0 Å². The van der Waals surface area contributed by atoms with Crippen molar-refractivity contribution < 1.29 is 35.8 Å². The quantitative estimate of drug-likeness (QED) is 0.399. The van der Waals surface area contributed by atoms with Gasteiger partial charge in [-0.2, -0.15) is 0 Å². The molecule has 0 bridgehead atoms. The maximum Gasteiger partial charge on any atom is 0 e. The molecule has 8 heavy (non-hydrogen) atoms. The first-order valence-electron chi connectivity index (χ1n) is 1.13. The average molecular weight is 176 g/mol. The van der Waals surface area contributed by atoms with Crippen LogP contribution in [0.5, 0.6) is 0 Å². The zero-order valence-electron chi connectivity index (χ0n) is 3.22. The molecular weight excluding hydrogens is 176 g/mol. The Balaban J connectivity index is 0. The summed E-state index contributed by atoms with van der Waals surface area (Å²) in [6, 6.07) is 0. The largest absolute Gasteiger partial charge is 0 e. The minimum Gasteiger partial charge on any atom is 0 e. The molecule has 0 amide bonds. The SMILES string of the molecule is [F][Ti]([F])([F])([F])([F])[F].[N]. The second-order valence-electron chi connectivity index (χ2n) is 1.07. The summed E-state index contributed by atoms with van der Waals surface area (Å²) in [4.78, 5) is 0. The van der Waals surface area contributed by atoms with Gasteiger partial charge in [0.2, 0.25) is 0 Å². The number of nitrogens with zero attached hydrogens (tertiary/aromatic N) is 1. The van der Waals surface area contributed by atoms with Crippen molar-refractivity contribution in [2.45, 2.75) is 0 Å². The van der Waals surface area contributed by atoms with Crippen molar-refractivity contribution >= 4 is 0 Å². The molecule has 0 atom stereocenters. The summed E-state index contributed by atoms with van der Waals surface area (Å²) in [6.07, 6.45) is 0. The summed E-state index contributed by atoms with van der Waals surface area (Å²) in [5, 5.41) is 0. The Morgan fingerprint density at radius 1 is 0.625 bits per heavy atom. The van der Waals surface area contributed by atoms with Crippen molar-refractivity contribution in [2.24, 2.45) is 0 Å². The van der Waals surface area contributed by atoms with Gasteiger partial charge in [0.25, 0.3) is 0 Å². The van der Waals surface area contributed by atoms with Gasteiger partial charge in [-0.15, -0.1) is 0 Å². The molecule has 51 valence electrons. The molecule has 0 aliphatic carbocycles. The Bertz CT molecular complexity index is 67.1. The third kappa shape index (κ3) is 2670. The minimum atomic E-state index is -11.2. The van der Waals surface area contributed by atoms with Gasteiger partial charge in [-0.25, -0.2) is 0 Å². The van der Waals surface area contributed by atoms with Crippen LogP contribution in [0.3, 0.4) is 0 Å². The molecule has 8 heteroatoms. The first-order valence-corrected chi connectivity index (χ1v) is 4.68. The van der Waals surface area contributed by atoms with Crippen LogP contribution in [0.4, 0.5) is 18.6 Å². The van der Waals surface area contributed by atoms with E-state index in [1.807, 2.05) is 0 Å². The van der Waals surface area contributed by atoms with E-state index in [1.165, 1.54) is 0 Å². The first kappa shape index (κ1) is 11.1. The molecule has 0 aliphatic heterocycles. The summed E-state index contributed by atoms with van der Waals surface area (Å²) < 4.78 is 59.5. The maximum atomic E-state index is 9.92. The van der Waals surface area contributed by atoms with Crippen LogP contribution < -0.4 is 6.15 Å². The van der Waals surface area contributed by atoms with Crippen molar-refractivity contribution in [3.63, 3.8) is 0 Å². The van der Waals surface area contributed by atoms with E-state index in [0.717, 1.165) is 0 Å². The van der Waals surface area contributed by atoms with E-state index in [0.29, 0.717) is 0 Å². The fourth-order valence-corrected chi connectivity index (χ4v) is 0. The van der Waals surface area contributed by atoms with Gasteiger partial charge in [-0.3, -0.25) is 0 Å². The number of hydrogen-bond acceptors (Lipinski definition) is 0. The van der Waals surface area contributed by atoms with E-state index in [-0.39, 0.29) is 6.15 Å². The molecule has 0 aliphatic rings. The normalized spacial score (nSPS) is 20.2. The standard InChI is InChI=1S/6FH.N.Ti/h6*1H;;/q;;;;;;;+6/p-6. The van der Waals surface area contributed by atoms with Crippen LogP contribution in [0.25, 0.3) is 0 Å². The van der Waals surface area contributed by atoms with Gasteiger partial charge in [0.05, 0.1) is 0 Å². The number of rotatable bonds is 0. The molecule has 0 rings (SSSR count). The Hall–Kier alpha value is 0.254. The van der Waals surface area contributed by atoms with Gasteiger partial charge in [0.15, 0.2) is 0 Å². The molecule has 0 spiro atoms.